The van der Waals surface area contributed by atoms with Gasteiger partial charge in [-0.15, -0.1) is 0 Å². The Labute approximate surface area is 55.1 Å². The van der Waals surface area contributed by atoms with Crippen LogP contribution in [0.4, 0.5) is 0 Å². The molecule has 0 aliphatic rings. The maximum atomic E-state index is 8.27. The second-order valence-corrected chi connectivity index (χ2v) is 2.00. The van der Waals surface area contributed by atoms with E-state index in [0.717, 1.165) is 5.57 Å². The molecule has 3 nitrogen and oxygen atoms in total. The predicted molar refractivity (Wildman–Crippen MR) is 35.3 cm³/mol. The first-order chi connectivity index (χ1) is 4.04. The van der Waals surface area contributed by atoms with Gasteiger partial charge < -0.3 is 14.7 Å². The fourth-order valence-corrected chi connectivity index (χ4v) is 0.276. The minimum atomic E-state index is -1.69. The molecular formula is C5H11BO3. The van der Waals surface area contributed by atoms with Crippen molar-refractivity contribution in [2.75, 3.05) is 0 Å². The molecule has 0 spiro atoms. The average Bonchev–Trinajstić information content (AvgIpc) is 1.63. The lowest BCUT2D eigenvalue weighted by atomic mass is 10.2. The standard InChI is InChI=1S/C5H11BO3/c1-4(2)5(3)9-6(7)8/h7-8H,1-3H3. The Morgan fingerprint density at radius 1 is 1.22 bits per heavy atom. The van der Waals surface area contributed by atoms with E-state index in [0.29, 0.717) is 5.76 Å². The molecule has 0 aromatic rings. The zero-order valence-corrected chi connectivity index (χ0v) is 5.88. The maximum Gasteiger partial charge on any atom is 0.707 e. The summed E-state index contributed by atoms with van der Waals surface area (Å²) in [6, 6.07) is 0. The first-order valence-corrected chi connectivity index (χ1v) is 2.71. The Morgan fingerprint density at radius 2 is 1.67 bits per heavy atom. The Kier molecular flexibility index (Phi) is 3.34. The maximum absolute atomic E-state index is 8.27. The van der Waals surface area contributed by atoms with Crippen molar-refractivity contribution in [3.63, 3.8) is 0 Å². The summed E-state index contributed by atoms with van der Waals surface area (Å²) in [5, 5.41) is 16.5. The largest absolute Gasteiger partial charge is 0.707 e. The Morgan fingerprint density at radius 3 is 1.78 bits per heavy atom. The summed E-state index contributed by atoms with van der Waals surface area (Å²) in [6.45, 7) is 5.34. The summed E-state index contributed by atoms with van der Waals surface area (Å²) in [6.07, 6.45) is 0. The van der Waals surface area contributed by atoms with E-state index in [2.05, 4.69) is 4.65 Å². The van der Waals surface area contributed by atoms with Gasteiger partial charge in [-0.1, -0.05) is 0 Å². The summed E-state index contributed by atoms with van der Waals surface area (Å²) in [5.74, 6) is 0.546. The van der Waals surface area contributed by atoms with Crippen LogP contribution in [0.25, 0.3) is 0 Å². The van der Waals surface area contributed by atoms with Gasteiger partial charge in [0.1, 0.15) is 0 Å². The summed E-state index contributed by atoms with van der Waals surface area (Å²) in [7, 11) is -1.69. The number of allylic oxidation sites excluding steroid dienone is 2. The molecule has 4 heteroatoms. The van der Waals surface area contributed by atoms with Crippen LogP contribution in [-0.2, 0) is 4.65 Å². The van der Waals surface area contributed by atoms with Crippen LogP contribution >= 0.6 is 0 Å². The number of hydrogen-bond acceptors (Lipinski definition) is 3. The number of rotatable bonds is 2. The van der Waals surface area contributed by atoms with E-state index in [1.165, 1.54) is 0 Å². The molecule has 2 N–H and O–H groups in total. The van der Waals surface area contributed by atoms with Crippen molar-refractivity contribution in [3.05, 3.63) is 11.3 Å². The smallest absolute Gasteiger partial charge is 0.516 e. The molecule has 0 amide bonds. The van der Waals surface area contributed by atoms with Crippen LogP contribution in [-0.4, -0.2) is 17.4 Å². The molecule has 0 saturated heterocycles. The third-order valence-corrected chi connectivity index (χ3v) is 0.986. The molecule has 52 valence electrons. The highest BCUT2D eigenvalue weighted by molar-refractivity contribution is 6.33. The van der Waals surface area contributed by atoms with Gasteiger partial charge in [0.2, 0.25) is 0 Å². The molecule has 0 heterocycles. The molecule has 0 fully saturated rings. The van der Waals surface area contributed by atoms with Crippen molar-refractivity contribution in [3.8, 4) is 0 Å². The Balaban J connectivity index is 3.77. The minimum Gasteiger partial charge on any atom is -0.516 e. The molecule has 0 radical (unpaired) electrons. The van der Waals surface area contributed by atoms with Gasteiger partial charge in [-0.25, -0.2) is 0 Å². The monoisotopic (exact) mass is 130 g/mol. The van der Waals surface area contributed by atoms with Crippen LogP contribution in [0.3, 0.4) is 0 Å². The van der Waals surface area contributed by atoms with E-state index < -0.39 is 7.32 Å². The van der Waals surface area contributed by atoms with E-state index in [9.17, 15) is 0 Å². The third kappa shape index (κ3) is 4.06. The van der Waals surface area contributed by atoms with E-state index in [1.807, 2.05) is 13.8 Å². The van der Waals surface area contributed by atoms with Crippen molar-refractivity contribution in [2.45, 2.75) is 20.8 Å². The molecule has 0 aromatic heterocycles. The Hall–Kier alpha value is -0.475. The molecule has 0 atom stereocenters. The third-order valence-electron chi connectivity index (χ3n) is 0.986. The molecule has 0 aromatic carbocycles. The Bertz CT molecular complexity index is 115. The molecule has 0 aliphatic carbocycles. The van der Waals surface area contributed by atoms with Crippen LogP contribution in [0, 0.1) is 0 Å². The summed E-state index contributed by atoms with van der Waals surface area (Å²) in [5.41, 5.74) is 0.933. The van der Waals surface area contributed by atoms with Crippen LogP contribution in [0.5, 0.6) is 0 Å². The second-order valence-electron chi connectivity index (χ2n) is 2.00. The van der Waals surface area contributed by atoms with Crippen LogP contribution in [0.2, 0.25) is 0 Å². The number of hydrogen-bond donors (Lipinski definition) is 2. The molecule has 0 aliphatic heterocycles. The van der Waals surface area contributed by atoms with Crippen LogP contribution in [0.1, 0.15) is 20.8 Å². The first kappa shape index (κ1) is 8.52. The van der Waals surface area contributed by atoms with E-state index >= 15 is 0 Å². The average molecular weight is 130 g/mol. The second kappa shape index (κ2) is 3.53. The highest BCUT2D eigenvalue weighted by Gasteiger charge is 2.10. The summed E-state index contributed by atoms with van der Waals surface area (Å²) >= 11 is 0. The van der Waals surface area contributed by atoms with Gasteiger partial charge in [0.05, 0.1) is 5.76 Å². The summed E-state index contributed by atoms with van der Waals surface area (Å²) in [4.78, 5) is 0. The molecule has 0 rings (SSSR count). The molecule has 9 heavy (non-hydrogen) atoms. The fraction of sp³-hybridized carbons (Fsp3) is 0.600. The van der Waals surface area contributed by atoms with Gasteiger partial charge >= 0.3 is 7.32 Å². The highest BCUT2D eigenvalue weighted by atomic mass is 16.6. The molecule has 0 saturated carbocycles. The lowest BCUT2D eigenvalue weighted by Gasteiger charge is -2.04. The van der Waals surface area contributed by atoms with E-state index in [-0.39, 0.29) is 0 Å². The van der Waals surface area contributed by atoms with Gasteiger partial charge in [-0.2, -0.15) is 0 Å². The predicted octanol–water partition coefficient (Wildman–Crippen LogP) is 0.286. The van der Waals surface area contributed by atoms with Crippen LogP contribution < -0.4 is 0 Å². The fourth-order valence-electron chi connectivity index (χ4n) is 0.276. The van der Waals surface area contributed by atoms with Gasteiger partial charge in [-0.05, 0) is 26.3 Å². The first-order valence-electron chi connectivity index (χ1n) is 2.71. The zero-order chi connectivity index (χ0) is 7.44. The normalized spacial score (nSPS) is 8.56. The van der Waals surface area contributed by atoms with Crippen molar-refractivity contribution in [1.29, 1.82) is 0 Å². The van der Waals surface area contributed by atoms with Gasteiger partial charge in [0.15, 0.2) is 0 Å². The lowest BCUT2D eigenvalue weighted by molar-refractivity contribution is 0.236. The van der Waals surface area contributed by atoms with Crippen molar-refractivity contribution in [2.24, 2.45) is 0 Å². The molecule has 0 unspecified atom stereocenters. The molecular weight excluding hydrogens is 119 g/mol. The topological polar surface area (TPSA) is 49.7 Å². The van der Waals surface area contributed by atoms with Crippen molar-refractivity contribution < 1.29 is 14.7 Å². The van der Waals surface area contributed by atoms with Crippen LogP contribution in [0.15, 0.2) is 11.3 Å². The quantitative estimate of drug-likeness (QED) is 0.417. The van der Waals surface area contributed by atoms with Crippen molar-refractivity contribution >= 4 is 7.32 Å². The highest BCUT2D eigenvalue weighted by Crippen LogP contribution is 2.02. The van der Waals surface area contributed by atoms with Gasteiger partial charge in [0, 0.05) is 0 Å². The minimum absolute atomic E-state index is 0.546. The zero-order valence-electron chi connectivity index (χ0n) is 5.88. The SMILES string of the molecule is CC(C)=C(C)OB(O)O. The van der Waals surface area contributed by atoms with E-state index in [4.69, 9.17) is 10.0 Å². The van der Waals surface area contributed by atoms with Gasteiger partial charge in [-0.3, -0.25) is 0 Å². The van der Waals surface area contributed by atoms with Gasteiger partial charge in [0.25, 0.3) is 0 Å². The molecule has 0 bridgehead atoms. The van der Waals surface area contributed by atoms with E-state index in [1.54, 1.807) is 6.92 Å². The summed E-state index contributed by atoms with van der Waals surface area (Å²) < 4.78 is 4.50. The lowest BCUT2D eigenvalue weighted by Crippen LogP contribution is -2.15. The van der Waals surface area contributed by atoms with Crippen molar-refractivity contribution in [1.82, 2.24) is 0 Å².